The van der Waals surface area contributed by atoms with Crippen molar-refractivity contribution >= 4 is 17.7 Å². The molecule has 0 fully saturated rings. The van der Waals surface area contributed by atoms with Crippen molar-refractivity contribution in [2.45, 2.75) is 24.4 Å². The second-order valence-electron chi connectivity index (χ2n) is 4.73. The van der Waals surface area contributed by atoms with E-state index in [9.17, 15) is 4.79 Å². The van der Waals surface area contributed by atoms with Gasteiger partial charge in [-0.25, -0.2) is 4.98 Å². The number of thioether (sulfide) groups is 1. The summed E-state index contributed by atoms with van der Waals surface area (Å²) in [6.45, 7) is 2.00. The first kappa shape index (κ1) is 15.4. The van der Waals surface area contributed by atoms with Crippen molar-refractivity contribution in [2.75, 3.05) is 13.3 Å². The molecule has 0 saturated carbocycles. The summed E-state index contributed by atoms with van der Waals surface area (Å²) in [5.41, 5.74) is 1.51. The molecule has 1 atom stereocenters. The first-order chi connectivity index (χ1) is 10.1. The largest absolute Gasteiger partial charge is 0.339 e. The molecule has 110 valence electrons. The maximum atomic E-state index is 12.6. The minimum atomic E-state index is -0.0242. The molecule has 1 amide bonds. The number of amides is 1. The lowest BCUT2D eigenvalue weighted by Crippen LogP contribution is -2.37. The van der Waals surface area contributed by atoms with Crippen molar-refractivity contribution in [3.8, 4) is 0 Å². The van der Waals surface area contributed by atoms with Crippen LogP contribution in [-0.2, 0) is 6.42 Å². The van der Waals surface area contributed by atoms with Crippen molar-refractivity contribution in [3.05, 3.63) is 48.2 Å². The highest BCUT2D eigenvalue weighted by molar-refractivity contribution is 7.98. The van der Waals surface area contributed by atoms with E-state index in [0.29, 0.717) is 12.0 Å². The van der Waals surface area contributed by atoms with E-state index in [0.717, 1.165) is 10.7 Å². The lowest BCUT2D eigenvalue weighted by Gasteiger charge is -2.25. The molecule has 0 aromatic carbocycles. The summed E-state index contributed by atoms with van der Waals surface area (Å²) in [6, 6.07) is 3.63. The first-order valence-corrected chi connectivity index (χ1v) is 7.87. The van der Waals surface area contributed by atoms with Gasteiger partial charge in [0.2, 0.25) is 0 Å². The molecule has 0 radical (unpaired) electrons. The van der Waals surface area contributed by atoms with Crippen molar-refractivity contribution in [2.24, 2.45) is 0 Å². The van der Waals surface area contributed by atoms with Gasteiger partial charge in [0.25, 0.3) is 5.91 Å². The van der Waals surface area contributed by atoms with Crippen LogP contribution in [0.2, 0.25) is 0 Å². The third-order valence-electron chi connectivity index (χ3n) is 3.30. The van der Waals surface area contributed by atoms with Crippen molar-refractivity contribution < 1.29 is 4.79 Å². The molecule has 0 aliphatic carbocycles. The van der Waals surface area contributed by atoms with E-state index < -0.39 is 0 Å². The molecule has 2 rings (SSSR count). The van der Waals surface area contributed by atoms with Gasteiger partial charge < -0.3 is 4.90 Å². The van der Waals surface area contributed by atoms with E-state index in [-0.39, 0.29) is 11.9 Å². The van der Waals surface area contributed by atoms with Gasteiger partial charge >= 0.3 is 0 Å². The molecule has 2 aromatic heterocycles. The number of rotatable bonds is 5. The Hall–Kier alpha value is -1.95. The number of hydrogen-bond donors (Lipinski definition) is 0. The third-order valence-corrected chi connectivity index (χ3v) is 4.01. The quantitative estimate of drug-likeness (QED) is 0.793. The van der Waals surface area contributed by atoms with Gasteiger partial charge in [0.1, 0.15) is 5.03 Å². The van der Waals surface area contributed by atoms with Gasteiger partial charge in [-0.2, -0.15) is 0 Å². The highest BCUT2D eigenvalue weighted by atomic mass is 32.2. The minimum Gasteiger partial charge on any atom is -0.339 e. The Morgan fingerprint density at radius 2 is 2.14 bits per heavy atom. The SMILES string of the molecule is CSc1ncccc1C(=O)N(C)C(C)Cc1cnccn1. The van der Waals surface area contributed by atoms with E-state index in [1.165, 1.54) is 11.8 Å². The van der Waals surface area contributed by atoms with E-state index in [4.69, 9.17) is 0 Å². The fourth-order valence-electron chi connectivity index (χ4n) is 1.98. The highest BCUT2D eigenvalue weighted by Gasteiger charge is 2.21. The molecule has 0 aliphatic heterocycles. The van der Waals surface area contributed by atoms with Crippen LogP contribution in [0.4, 0.5) is 0 Å². The normalized spacial score (nSPS) is 12.0. The molecule has 5 nitrogen and oxygen atoms in total. The van der Waals surface area contributed by atoms with Crippen molar-refractivity contribution in [1.29, 1.82) is 0 Å². The van der Waals surface area contributed by atoms with Crippen LogP contribution in [-0.4, -0.2) is 45.1 Å². The maximum absolute atomic E-state index is 12.6. The first-order valence-electron chi connectivity index (χ1n) is 6.64. The standard InChI is InChI=1S/C15H18N4OS/c1-11(9-12-10-16-7-8-17-12)19(2)15(20)13-5-4-6-18-14(13)21-3/h4-8,10-11H,9H2,1-3H3. The number of carbonyl (C=O) groups is 1. The van der Waals surface area contributed by atoms with E-state index in [1.54, 1.807) is 42.8 Å². The van der Waals surface area contributed by atoms with Crippen molar-refractivity contribution in [1.82, 2.24) is 19.9 Å². The Labute approximate surface area is 128 Å². The van der Waals surface area contributed by atoms with Crippen LogP contribution in [0.1, 0.15) is 23.0 Å². The summed E-state index contributed by atoms with van der Waals surface area (Å²) < 4.78 is 0. The number of carbonyl (C=O) groups excluding carboxylic acids is 1. The van der Waals surface area contributed by atoms with Crippen LogP contribution in [0, 0.1) is 0 Å². The summed E-state index contributed by atoms with van der Waals surface area (Å²) in [5.74, 6) is -0.0242. The summed E-state index contributed by atoms with van der Waals surface area (Å²) >= 11 is 1.48. The zero-order valence-electron chi connectivity index (χ0n) is 12.4. The van der Waals surface area contributed by atoms with Gasteiger partial charge in [0.05, 0.1) is 11.3 Å². The molecule has 0 aliphatic rings. The van der Waals surface area contributed by atoms with Crippen LogP contribution in [0.25, 0.3) is 0 Å². The molecular formula is C15H18N4OS. The fraction of sp³-hybridized carbons (Fsp3) is 0.333. The van der Waals surface area contributed by atoms with Crippen LogP contribution in [0.15, 0.2) is 41.9 Å². The van der Waals surface area contributed by atoms with E-state index in [1.807, 2.05) is 19.2 Å². The van der Waals surface area contributed by atoms with Crippen LogP contribution < -0.4 is 0 Å². The molecule has 2 heterocycles. The fourth-order valence-corrected chi connectivity index (χ4v) is 2.52. The second kappa shape index (κ2) is 7.17. The predicted octanol–water partition coefficient (Wildman–Crippen LogP) is 2.30. The Morgan fingerprint density at radius 3 is 2.81 bits per heavy atom. The Balaban J connectivity index is 2.11. The zero-order chi connectivity index (χ0) is 15.2. The Morgan fingerprint density at radius 1 is 1.33 bits per heavy atom. The molecule has 0 spiro atoms. The molecule has 0 saturated heterocycles. The Kier molecular flexibility index (Phi) is 5.27. The van der Waals surface area contributed by atoms with Gasteiger partial charge in [0.15, 0.2) is 0 Å². The number of likely N-dealkylation sites (N-methyl/N-ethyl adjacent to an activating group) is 1. The lowest BCUT2D eigenvalue weighted by molar-refractivity contribution is 0.0738. The number of hydrogen-bond acceptors (Lipinski definition) is 5. The molecule has 0 N–H and O–H groups in total. The molecular weight excluding hydrogens is 284 g/mol. The minimum absolute atomic E-state index is 0.0242. The smallest absolute Gasteiger partial charge is 0.256 e. The zero-order valence-corrected chi connectivity index (χ0v) is 13.2. The maximum Gasteiger partial charge on any atom is 0.256 e. The summed E-state index contributed by atoms with van der Waals surface area (Å²) in [4.78, 5) is 26.9. The third kappa shape index (κ3) is 3.78. The van der Waals surface area contributed by atoms with Gasteiger partial charge in [-0.15, -0.1) is 11.8 Å². The van der Waals surface area contributed by atoms with Gasteiger partial charge in [-0.05, 0) is 25.3 Å². The number of aromatic nitrogens is 3. The van der Waals surface area contributed by atoms with Gasteiger partial charge in [-0.3, -0.25) is 14.8 Å². The molecule has 2 aromatic rings. The van der Waals surface area contributed by atoms with Gasteiger partial charge in [-0.1, -0.05) is 0 Å². The summed E-state index contributed by atoms with van der Waals surface area (Å²) in [5, 5.41) is 0.751. The lowest BCUT2D eigenvalue weighted by atomic mass is 10.1. The molecule has 21 heavy (non-hydrogen) atoms. The Bertz CT molecular complexity index is 606. The average Bonchev–Trinajstić information content (AvgIpc) is 2.54. The molecule has 6 heteroatoms. The second-order valence-corrected chi connectivity index (χ2v) is 5.52. The van der Waals surface area contributed by atoms with Gasteiger partial charge in [0, 0.05) is 44.3 Å². The van der Waals surface area contributed by atoms with Crippen LogP contribution in [0.3, 0.4) is 0 Å². The molecule has 1 unspecified atom stereocenters. The van der Waals surface area contributed by atoms with E-state index in [2.05, 4.69) is 15.0 Å². The number of pyridine rings is 1. The predicted molar refractivity (Wildman–Crippen MR) is 83.3 cm³/mol. The van der Waals surface area contributed by atoms with E-state index >= 15 is 0 Å². The summed E-state index contributed by atoms with van der Waals surface area (Å²) in [7, 11) is 1.81. The van der Waals surface area contributed by atoms with Crippen LogP contribution >= 0.6 is 11.8 Å². The topological polar surface area (TPSA) is 59.0 Å². The van der Waals surface area contributed by atoms with Crippen LogP contribution in [0.5, 0.6) is 0 Å². The van der Waals surface area contributed by atoms with Crippen molar-refractivity contribution in [3.63, 3.8) is 0 Å². The highest BCUT2D eigenvalue weighted by Crippen LogP contribution is 2.19. The summed E-state index contributed by atoms with van der Waals surface area (Å²) in [6.07, 6.45) is 9.32. The number of nitrogens with zero attached hydrogens (tertiary/aromatic N) is 4. The molecule has 0 bridgehead atoms. The average molecular weight is 302 g/mol. The monoisotopic (exact) mass is 302 g/mol.